The van der Waals surface area contributed by atoms with E-state index in [-0.39, 0.29) is 0 Å². The fourth-order valence-electron chi connectivity index (χ4n) is 7.46. The molecule has 7 nitrogen and oxygen atoms in total. The van der Waals surface area contributed by atoms with Gasteiger partial charge in [-0.2, -0.15) is 9.97 Å². The Morgan fingerprint density at radius 1 is 0.396 bits per heavy atom. The summed E-state index contributed by atoms with van der Waals surface area (Å²) < 4.78 is 14.7. The van der Waals surface area contributed by atoms with Crippen molar-refractivity contribution in [1.82, 2.24) is 24.5 Å². The Kier molecular flexibility index (Phi) is 6.42. The lowest BCUT2D eigenvalue weighted by atomic mass is 9.99. The average Bonchev–Trinajstić information content (AvgIpc) is 3.93. The molecule has 0 aliphatic heterocycles. The van der Waals surface area contributed by atoms with Gasteiger partial charge in [-0.3, -0.25) is 4.57 Å². The van der Waals surface area contributed by atoms with Gasteiger partial charge >= 0.3 is 0 Å². The highest BCUT2D eigenvalue weighted by molar-refractivity contribution is 6.13. The summed E-state index contributed by atoms with van der Waals surface area (Å²) in [4.78, 5) is 20.2. The first kappa shape index (κ1) is 29.4. The maximum atomic E-state index is 6.46. The number of nitrogens with zero attached hydrogens (tertiary/aromatic N) is 5. The van der Waals surface area contributed by atoms with E-state index >= 15 is 0 Å². The fourth-order valence-corrected chi connectivity index (χ4v) is 7.46. The van der Waals surface area contributed by atoms with Gasteiger partial charge in [0.15, 0.2) is 17.2 Å². The van der Waals surface area contributed by atoms with Crippen molar-refractivity contribution in [3.63, 3.8) is 0 Å². The van der Waals surface area contributed by atoms with Crippen molar-refractivity contribution < 1.29 is 8.83 Å². The van der Waals surface area contributed by atoms with Crippen molar-refractivity contribution in [2.24, 2.45) is 0 Å². The van der Waals surface area contributed by atoms with Gasteiger partial charge in [0.2, 0.25) is 11.8 Å². The molecule has 0 aliphatic rings. The number of benzene rings is 7. The lowest BCUT2D eigenvalue weighted by molar-refractivity contribution is 0.620. The Balaban J connectivity index is 1.11. The van der Waals surface area contributed by atoms with Gasteiger partial charge in [-0.1, -0.05) is 109 Å². The molecule has 0 N–H and O–H groups in total. The Bertz CT molecular complexity index is 3110. The molecule has 0 aliphatic carbocycles. The number of aromatic nitrogens is 5. The minimum Gasteiger partial charge on any atom is -0.456 e. The van der Waals surface area contributed by atoms with Crippen LogP contribution in [-0.2, 0) is 0 Å². The minimum atomic E-state index is 0.549. The fraction of sp³-hybridized carbons (Fsp3) is 0. The second-order valence-corrected chi connectivity index (χ2v) is 13.1. The molecule has 0 saturated heterocycles. The summed E-state index contributed by atoms with van der Waals surface area (Å²) >= 11 is 0. The van der Waals surface area contributed by atoms with Crippen LogP contribution in [0.25, 0.3) is 106 Å². The number of hydrogen-bond donors (Lipinski definition) is 0. The molecule has 11 aromatic rings. The van der Waals surface area contributed by atoms with E-state index in [0.29, 0.717) is 23.5 Å². The smallest absolute Gasteiger partial charge is 0.238 e. The van der Waals surface area contributed by atoms with Crippen molar-refractivity contribution in [1.29, 1.82) is 0 Å². The van der Waals surface area contributed by atoms with E-state index in [1.165, 1.54) is 0 Å². The SMILES string of the molecule is c1ccc(-c2nc(-c3cccc4oc5ccc(-c6cccc(-c7nc8ccccc8o7)c6)cc5c34)nc(-n3c4ccccc4c4ccccc43)n2)cc1. The number of hydrogen-bond acceptors (Lipinski definition) is 6. The summed E-state index contributed by atoms with van der Waals surface area (Å²) in [6.45, 7) is 0. The highest BCUT2D eigenvalue weighted by atomic mass is 16.3. The third-order valence-electron chi connectivity index (χ3n) is 9.91. The second-order valence-electron chi connectivity index (χ2n) is 13.1. The molecule has 7 heteroatoms. The number of para-hydroxylation sites is 4. The Hall–Kier alpha value is -7.38. The average molecular weight is 682 g/mol. The molecule has 4 heterocycles. The molecule has 7 aromatic carbocycles. The highest BCUT2D eigenvalue weighted by Gasteiger charge is 2.21. The third-order valence-corrected chi connectivity index (χ3v) is 9.91. The van der Waals surface area contributed by atoms with E-state index in [9.17, 15) is 0 Å². The molecule has 53 heavy (non-hydrogen) atoms. The van der Waals surface area contributed by atoms with Gasteiger partial charge in [0, 0.05) is 38.2 Å². The number of fused-ring (bicyclic) bond motifs is 7. The topological polar surface area (TPSA) is 82.8 Å². The van der Waals surface area contributed by atoms with Crippen LogP contribution in [0.5, 0.6) is 0 Å². The van der Waals surface area contributed by atoms with Gasteiger partial charge in [-0.25, -0.2) is 9.97 Å². The van der Waals surface area contributed by atoms with Gasteiger partial charge in [-0.05, 0) is 65.7 Å². The standard InChI is InChI=1S/C46H27N5O2/c1-2-12-28(13-3-1)43-48-44(50-46(49-43)51-37-20-7-4-16-32(37)33-17-5-8-21-38(33)51)34-18-11-23-41-42(34)35-27-30(24-25-39(35)52-41)29-14-10-15-31(26-29)45-47-36-19-6-9-22-40(36)53-45/h1-27H. The zero-order valence-corrected chi connectivity index (χ0v) is 28.1. The van der Waals surface area contributed by atoms with Gasteiger partial charge in [0.05, 0.1) is 11.0 Å². The first-order valence-corrected chi connectivity index (χ1v) is 17.5. The van der Waals surface area contributed by atoms with Crippen LogP contribution >= 0.6 is 0 Å². The van der Waals surface area contributed by atoms with Crippen molar-refractivity contribution in [3.05, 3.63) is 164 Å². The summed E-state index contributed by atoms with van der Waals surface area (Å²) in [6, 6.07) is 55.3. The van der Waals surface area contributed by atoms with Crippen molar-refractivity contribution >= 4 is 54.8 Å². The summed E-state index contributed by atoms with van der Waals surface area (Å²) in [6.07, 6.45) is 0. The summed E-state index contributed by atoms with van der Waals surface area (Å²) in [7, 11) is 0. The van der Waals surface area contributed by atoms with Crippen LogP contribution < -0.4 is 0 Å². The predicted octanol–water partition coefficient (Wildman–Crippen LogP) is 11.7. The molecule has 0 atom stereocenters. The number of rotatable bonds is 5. The molecule has 0 fully saturated rings. The van der Waals surface area contributed by atoms with Crippen LogP contribution in [0.15, 0.2) is 173 Å². The van der Waals surface area contributed by atoms with Gasteiger partial charge < -0.3 is 8.83 Å². The van der Waals surface area contributed by atoms with Crippen molar-refractivity contribution in [3.8, 4) is 51.3 Å². The van der Waals surface area contributed by atoms with Crippen molar-refractivity contribution in [2.75, 3.05) is 0 Å². The lowest BCUT2D eigenvalue weighted by Crippen LogP contribution is -2.06. The zero-order valence-electron chi connectivity index (χ0n) is 28.1. The second kappa shape index (κ2) is 11.6. The molecule has 4 aromatic heterocycles. The van der Waals surface area contributed by atoms with E-state index < -0.39 is 0 Å². The molecule has 0 radical (unpaired) electrons. The van der Waals surface area contributed by atoms with E-state index in [1.54, 1.807) is 0 Å². The van der Waals surface area contributed by atoms with E-state index in [1.807, 2.05) is 84.9 Å². The molecule has 248 valence electrons. The summed E-state index contributed by atoms with van der Waals surface area (Å²) in [5.74, 6) is 2.29. The first-order chi connectivity index (χ1) is 26.2. The zero-order chi connectivity index (χ0) is 34.9. The maximum absolute atomic E-state index is 6.46. The first-order valence-electron chi connectivity index (χ1n) is 17.5. The molecule has 11 rings (SSSR count). The van der Waals surface area contributed by atoms with Crippen LogP contribution in [0.1, 0.15) is 0 Å². The van der Waals surface area contributed by atoms with Gasteiger partial charge in [0.25, 0.3) is 0 Å². The molecule has 0 saturated carbocycles. The van der Waals surface area contributed by atoms with Crippen LogP contribution in [0, 0.1) is 0 Å². The Morgan fingerprint density at radius 2 is 1.06 bits per heavy atom. The number of furan rings is 1. The predicted molar refractivity (Wildman–Crippen MR) is 211 cm³/mol. The van der Waals surface area contributed by atoms with Crippen LogP contribution in [0.4, 0.5) is 0 Å². The van der Waals surface area contributed by atoms with E-state index in [0.717, 1.165) is 82.7 Å². The van der Waals surface area contributed by atoms with Crippen LogP contribution in [0.3, 0.4) is 0 Å². The molecular formula is C46H27N5O2. The molecular weight excluding hydrogens is 655 g/mol. The Labute approximate surface area is 302 Å². The van der Waals surface area contributed by atoms with E-state index in [2.05, 4.69) is 83.4 Å². The largest absolute Gasteiger partial charge is 0.456 e. The molecule has 0 amide bonds. The number of oxazole rings is 1. The van der Waals surface area contributed by atoms with Gasteiger partial charge in [0.1, 0.15) is 16.7 Å². The van der Waals surface area contributed by atoms with Gasteiger partial charge in [-0.15, -0.1) is 0 Å². The molecule has 0 bridgehead atoms. The van der Waals surface area contributed by atoms with Crippen LogP contribution in [0.2, 0.25) is 0 Å². The highest BCUT2D eigenvalue weighted by Crippen LogP contribution is 2.39. The molecule has 0 spiro atoms. The maximum Gasteiger partial charge on any atom is 0.238 e. The van der Waals surface area contributed by atoms with Crippen molar-refractivity contribution in [2.45, 2.75) is 0 Å². The summed E-state index contributed by atoms with van der Waals surface area (Å²) in [5.41, 5.74) is 9.96. The third kappa shape index (κ3) is 4.75. The van der Waals surface area contributed by atoms with E-state index in [4.69, 9.17) is 28.8 Å². The Morgan fingerprint density at radius 3 is 1.89 bits per heavy atom. The summed E-state index contributed by atoms with van der Waals surface area (Å²) in [5, 5.41) is 4.20. The van der Waals surface area contributed by atoms with Crippen LogP contribution in [-0.4, -0.2) is 24.5 Å². The monoisotopic (exact) mass is 681 g/mol. The lowest BCUT2D eigenvalue weighted by Gasteiger charge is -2.11. The minimum absolute atomic E-state index is 0.549. The quantitative estimate of drug-likeness (QED) is 0.180. The molecule has 0 unspecified atom stereocenters. The normalized spacial score (nSPS) is 11.8.